The van der Waals surface area contributed by atoms with Gasteiger partial charge >= 0.3 is 11.9 Å². The molecule has 9 heteroatoms. The number of para-hydroxylation sites is 1. The zero-order valence-electron chi connectivity index (χ0n) is 17.1. The molecule has 1 aromatic carbocycles. The molecule has 1 aliphatic heterocycles. The molecule has 0 radical (unpaired) electrons. The number of aliphatic hydroxyl groups is 1. The maximum absolute atomic E-state index is 13.1. The van der Waals surface area contributed by atoms with Crippen LogP contribution >= 0.6 is 0 Å². The van der Waals surface area contributed by atoms with E-state index in [1.807, 2.05) is 31.2 Å². The molecule has 9 nitrogen and oxygen atoms in total. The number of aromatic nitrogens is 3. The van der Waals surface area contributed by atoms with Crippen molar-refractivity contribution in [2.24, 2.45) is 5.92 Å². The maximum Gasteiger partial charge on any atom is 0.328 e. The van der Waals surface area contributed by atoms with E-state index in [1.54, 1.807) is 10.9 Å². The van der Waals surface area contributed by atoms with Crippen LogP contribution < -0.4 is 0 Å². The molecule has 162 valence electrons. The first-order chi connectivity index (χ1) is 14.7. The number of nitrogens with zero attached hydrogens (tertiary/aromatic N) is 2. The van der Waals surface area contributed by atoms with Crippen LogP contribution in [0.25, 0.3) is 10.9 Å². The van der Waals surface area contributed by atoms with Gasteiger partial charge < -0.3 is 20.3 Å². The predicted octanol–water partition coefficient (Wildman–Crippen LogP) is 2.63. The number of hydrogen-bond acceptors (Lipinski definition) is 5. The van der Waals surface area contributed by atoms with Crippen molar-refractivity contribution in [2.75, 3.05) is 0 Å². The molecule has 0 fully saturated rings. The van der Waals surface area contributed by atoms with Crippen LogP contribution in [0.2, 0.25) is 0 Å². The number of benzene rings is 1. The minimum absolute atomic E-state index is 0.0366. The second kappa shape index (κ2) is 8.97. The van der Waals surface area contributed by atoms with Crippen LogP contribution in [-0.4, -0.2) is 47.7 Å². The van der Waals surface area contributed by atoms with Crippen molar-refractivity contribution in [3.8, 4) is 0 Å². The standard InChI is InChI=1S/C18H19N3O2.C4H4O4/c1-10-12-5-3-4-6-15(12)21-14(10)8-7-13(18(21)23)17(22)16-11(2)19-9-20-16;5-3(6)1-2-4(7)8/h3-6,9,13,17,22H,7-8H2,1-2H3,(H,19,20);1-2H,(H,5,6)(H,7,8)/b;2-1-. The number of carbonyl (C=O) groups excluding carboxylic acids is 1. The first kappa shape index (κ1) is 22.0. The average molecular weight is 425 g/mol. The Labute approximate surface area is 177 Å². The Kier molecular flexibility index (Phi) is 6.36. The molecule has 0 amide bonds. The lowest BCUT2D eigenvalue weighted by Crippen LogP contribution is -2.33. The van der Waals surface area contributed by atoms with Crippen molar-refractivity contribution in [3.63, 3.8) is 0 Å². The number of aliphatic hydroxyl groups excluding tert-OH is 1. The van der Waals surface area contributed by atoms with Crippen molar-refractivity contribution in [3.05, 3.63) is 65.4 Å². The van der Waals surface area contributed by atoms with Gasteiger partial charge in [-0.3, -0.25) is 9.36 Å². The molecule has 0 saturated carbocycles. The number of carbonyl (C=O) groups is 3. The number of hydrogen-bond donors (Lipinski definition) is 4. The van der Waals surface area contributed by atoms with Crippen molar-refractivity contribution in [1.29, 1.82) is 0 Å². The van der Waals surface area contributed by atoms with Gasteiger partial charge in [-0.15, -0.1) is 0 Å². The Balaban J connectivity index is 0.000000293. The van der Waals surface area contributed by atoms with Crippen LogP contribution in [0, 0.1) is 19.8 Å². The smallest absolute Gasteiger partial charge is 0.328 e. The second-order valence-corrected chi connectivity index (χ2v) is 7.28. The van der Waals surface area contributed by atoms with Gasteiger partial charge in [0.2, 0.25) is 5.91 Å². The maximum atomic E-state index is 13.1. The predicted molar refractivity (Wildman–Crippen MR) is 112 cm³/mol. The summed E-state index contributed by atoms with van der Waals surface area (Å²) in [5.74, 6) is -3.01. The molecule has 4 rings (SSSR count). The fraction of sp³-hybridized carbons (Fsp3) is 0.273. The zero-order valence-corrected chi connectivity index (χ0v) is 17.1. The number of H-pyrrole nitrogens is 1. The number of aryl methyl sites for hydroxylation is 2. The van der Waals surface area contributed by atoms with Crippen LogP contribution in [0.1, 0.15) is 40.0 Å². The number of fused-ring (bicyclic) bond motifs is 3. The van der Waals surface area contributed by atoms with Crippen LogP contribution in [0.4, 0.5) is 0 Å². The Bertz CT molecular complexity index is 1160. The highest BCUT2D eigenvalue weighted by atomic mass is 16.4. The molecule has 3 aromatic rings. The number of imidazole rings is 1. The van der Waals surface area contributed by atoms with E-state index in [9.17, 15) is 19.5 Å². The van der Waals surface area contributed by atoms with E-state index in [2.05, 4.69) is 16.9 Å². The highest BCUT2D eigenvalue weighted by Crippen LogP contribution is 2.36. The summed E-state index contributed by atoms with van der Waals surface area (Å²) in [7, 11) is 0. The molecule has 0 spiro atoms. The van der Waals surface area contributed by atoms with Crippen LogP contribution in [0.15, 0.2) is 42.7 Å². The summed E-state index contributed by atoms with van der Waals surface area (Å²) in [5, 5.41) is 27.4. The lowest BCUT2D eigenvalue weighted by Gasteiger charge is -2.27. The Hall–Kier alpha value is -3.72. The van der Waals surface area contributed by atoms with E-state index in [1.165, 1.54) is 0 Å². The first-order valence-electron chi connectivity index (χ1n) is 9.67. The lowest BCUT2D eigenvalue weighted by molar-refractivity contribution is -0.134. The first-order valence-corrected chi connectivity index (χ1v) is 9.67. The molecule has 1 aliphatic rings. The third kappa shape index (κ3) is 4.41. The van der Waals surface area contributed by atoms with Crippen LogP contribution in [0.5, 0.6) is 0 Å². The molecule has 0 bridgehead atoms. The largest absolute Gasteiger partial charge is 0.478 e. The van der Waals surface area contributed by atoms with Gasteiger partial charge in [0.15, 0.2) is 0 Å². The number of carboxylic acids is 2. The molecule has 0 saturated heterocycles. The SMILES string of the molecule is Cc1[nH]cnc1C(O)C1CCc2c(C)c3ccccc3n2C1=O.O=C(O)/C=C\C(=O)O. The minimum Gasteiger partial charge on any atom is -0.478 e. The van der Waals surface area contributed by atoms with Crippen molar-refractivity contribution in [1.82, 2.24) is 14.5 Å². The molecule has 2 aromatic heterocycles. The normalized spacial score (nSPS) is 16.6. The van der Waals surface area contributed by atoms with E-state index < -0.39 is 24.0 Å². The third-order valence-corrected chi connectivity index (χ3v) is 5.38. The highest BCUT2D eigenvalue weighted by molar-refractivity contribution is 5.97. The summed E-state index contributed by atoms with van der Waals surface area (Å²) in [4.78, 5) is 39.3. The summed E-state index contributed by atoms with van der Waals surface area (Å²) >= 11 is 0. The van der Waals surface area contributed by atoms with E-state index >= 15 is 0 Å². The van der Waals surface area contributed by atoms with Gasteiger partial charge in [-0.2, -0.15) is 0 Å². The average Bonchev–Trinajstić information content (AvgIpc) is 3.29. The summed E-state index contributed by atoms with van der Waals surface area (Å²) in [6.07, 6.45) is 3.23. The summed E-state index contributed by atoms with van der Waals surface area (Å²) in [6, 6.07) is 7.95. The van der Waals surface area contributed by atoms with Gasteiger partial charge in [0.05, 0.1) is 23.5 Å². The number of aliphatic carboxylic acids is 2. The molecular weight excluding hydrogens is 402 g/mol. The van der Waals surface area contributed by atoms with Gasteiger partial charge in [0, 0.05) is 28.9 Å². The number of carboxylic acid groups (broad SMARTS) is 2. The van der Waals surface area contributed by atoms with Gasteiger partial charge in [0.25, 0.3) is 0 Å². The number of aromatic amines is 1. The fourth-order valence-corrected chi connectivity index (χ4v) is 3.88. The molecule has 4 N–H and O–H groups in total. The Morgan fingerprint density at radius 3 is 2.42 bits per heavy atom. The van der Waals surface area contributed by atoms with Crippen molar-refractivity contribution < 1.29 is 29.7 Å². The van der Waals surface area contributed by atoms with Gasteiger partial charge in [0.1, 0.15) is 6.10 Å². The monoisotopic (exact) mass is 425 g/mol. The van der Waals surface area contributed by atoms with Crippen LogP contribution in [-0.2, 0) is 16.0 Å². The Morgan fingerprint density at radius 2 is 1.84 bits per heavy atom. The van der Waals surface area contributed by atoms with Crippen molar-refractivity contribution in [2.45, 2.75) is 32.8 Å². The summed E-state index contributed by atoms with van der Waals surface area (Å²) < 4.78 is 1.80. The fourth-order valence-electron chi connectivity index (χ4n) is 3.88. The second-order valence-electron chi connectivity index (χ2n) is 7.28. The molecule has 2 unspecified atom stereocenters. The number of rotatable bonds is 4. The summed E-state index contributed by atoms with van der Waals surface area (Å²) in [5.41, 5.74) is 4.54. The summed E-state index contributed by atoms with van der Waals surface area (Å²) in [6.45, 7) is 3.93. The van der Waals surface area contributed by atoms with Gasteiger partial charge in [-0.1, -0.05) is 18.2 Å². The van der Waals surface area contributed by atoms with Gasteiger partial charge in [-0.05, 0) is 38.3 Å². The third-order valence-electron chi connectivity index (χ3n) is 5.38. The van der Waals surface area contributed by atoms with Crippen molar-refractivity contribution >= 4 is 28.7 Å². The van der Waals surface area contributed by atoms with E-state index in [0.29, 0.717) is 24.3 Å². The van der Waals surface area contributed by atoms with Gasteiger partial charge in [-0.25, -0.2) is 14.6 Å². The lowest BCUT2D eigenvalue weighted by atomic mass is 9.89. The molecule has 3 heterocycles. The topological polar surface area (TPSA) is 146 Å². The zero-order chi connectivity index (χ0) is 22.7. The molecule has 31 heavy (non-hydrogen) atoms. The van der Waals surface area contributed by atoms with E-state index in [0.717, 1.165) is 34.3 Å². The Morgan fingerprint density at radius 1 is 1.19 bits per heavy atom. The van der Waals surface area contributed by atoms with E-state index in [-0.39, 0.29) is 5.91 Å². The minimum atomic E-state index is -1.26. The molecular formula is C22H23N3O6. The molecule has 2 atom stereocenters. The highest BCUT2D eigenvalue weighted by Gasteiger charge is 2.36. The van der Waals surface area contributed by atoms with E-state index in [4.69, 9.17) is 10.2 Å². The molecule has 0 aliphatic carbocycles. The quantitative estimate of drug-likeness (QED) is 0.470. The van der Waals surface area contributed by atoms with Crippen LogP contribution in [0.3, 0.4) is 0 Å². The number of nitrogens with one attached hydrogen (secondary N) is 1.